The highest BCUT2D eigenvalue weighted by molar-refractivity contribution is 9.10. The van der Waals surface area contributed by atoms with Gasteiger partial charge in [0.1, 0.15) is 0 Å². The molecule has 0 saturated heterocycles. The quantitative estimate of drug-likeness (QED) is 0.893. The van der Waals surface area contributed by atoms with Gasteiger partial charge in [-0.05, 0) is 40.4 Å². The molecule has 0 spiro atoms. The number of nitrogens with one attached hydrogen (secondary N) is 1. The Morgan fingerprint density at radius 1 is 1.44 bits per heavy atom. The van der Waals surface area contributed by atoms with Crippen molar-refractivity contribution in [3.05, 3.63) is 28.7 Å². The molecule has 0 aromatic heterocycles. The maximum atomic E-state index is 11.7. The van der Waals surface area contributed by atoms with Crippen LogP contribution in [-0.4, -0.2) is 11.9 Å². The molecule has 0 aliphatic rings. The van der Waals surface area contributed by atoms with Crippen LogP contribution in [0.25, 0.3) is 0 Å². The predicted molar refractivity (Wildman–Crippen MR) is 70.2 cm³/mol. The van der Waals surface area contributed by atoms with Gasteiger partial charge in [0.15, 0.2) is 0 Å². The van der Waals surface area contributed by atoms with Crippen molar-refractivity contribution in [1.82, 2.24) is 0 Å². The summed E-state index contributed by atoms with van der Waals surface area (Å²) in [6.07, 6.45) is 0.691. The topological polar surface area (TPSA) is 55.1 Å². The molecule has 1 atom stereocenters. The second kappa shape index (κ2) is 6.01. The molecule has 4 heteroatoms. The van der Waals surface area contributed by atoms with Crippen LogP contribution < -0.4 is 11.1 Å². The first kappa shape index (κ1) is 13.2. The largest absolute Gasteiger partial charge is 0.324 e. The Morgan fingerprint density at radius 3 is 2.62 bits per heavy atom. The second-order valence-corrected chi connectivity index (χ2v) is 5.06. The van der Waals surface area contributed by atoms with Gasteiger partial charge in [-0.3, -0.25) is 4.79 Å². The first-order valence-corrected chi connectivity index (χ1v) is 6.11. The van der Waals surface area contributed by atoms with Crippen molar-refractivity contribution in [3.8, 4) is 0 Å². The van der Waals surface area contributed by atoms with E-state index < -0.39 is 6.04 Å². The van der Waals surface area contributed by atoms with Crippen molar-refractivity contribution >= 4 is 27.5 Å². The molecule has 0 radical (unpaired) electrons. The van der Waals surface area contributed by atoms with E-state index in [9.17, 15) is 4.79 Å². The van der Waals surface area contributed by atoms with Crippen LogP contribution in [0.4, 0.5) is 5.69 Å². The summed E-state index contributed by atoms with van der Waals surface area (Å²) in [6.45, 7) is 4.09. The second-order valence-electron chi connectivity index (χ2n) is 4.21. The molecule has 1 aromatic carbocycles. The fourth-order valence-electron chi connectivity index (χ4n) is 1.40. The Labute approximate surface area is 105 Å². The third-order valence-corrected chi connectivity index (χ3v) is 2.89. The number of benzene rings is 1. The van der Waals surface area contributed by atoms with E-state index in [0.717, 1.165) is 10.2 Å². The Hall–Kier alpha value is -0.870. The van der Waals surface area contributed by atoms with E-state index in [4.69, 9.17) is 5.73 Å². The number of hydrogen-bond acceptors (Lipinski definition) is 2. The van der Waals surface area contributed by atoms with E-state index >= 15 is 0 Å². The van der Waals surface area contributed by atoms with Crippen LogP contribution in [-0.2, 0) is 4.79 Å². The molecule has 1 amide bonds. The Kier molecular flexibility index (Phi) is 4.96. The minimum atomic E-state index is -0.452. The molecule has 88 valence electrons. The molecule has 0 saturated carbocycles. The molecule has 0 aliphatic carbocycles. The molecule has 3 nitrogen and oxygen atoms in total. The standard InChI is InChI=1S/C12H17BrN2O/c1-8(2)7-10(14)12(16)15-11-6-4-3-5-9(11)13/h3-6,8,10H,7,14H2,1-2H3,(H,15,16)/t10-/m1/s1. The number of anilines is 1. The van der Waals surface area contributed by atoms with Crippen LogP contribution in [0.3, 0.4) is 0 Å². The molecule has 0 fully saturated rings. The van der Waals surface area contributed by atoms with Crippen molar-refractivity contribution in [1.29, 1.82) is 0 Å². The predicted octanol–water partition coefficient (Wildman–Crippen LogP) is 2.76. The highest BCUT2D eigenvalue weighted by Gasteiger charge is 2.15. The summed E-state index contributed by atoms with van der Waals surface area (Å²) in [6, 6.07) is 7.03. The zero-order valence-corrected chi connectivity index (χ0v) is 11.1. The molecule has 1 aromatic rings. The number of amides is 1. The van der Waals surface area contributed by atoms with Crippen LogP contribution in [0.15, 0.2) is 28.7 Å². The first-order chi connectivity index (χ1) is 7.50. The van der Waals surface area contributed by atoms with Gasteiger partial charge < -0.3 is 11.1 Å². The number of nitrogens with two attached hydrogens (primary N) is 1. The third kappa shape index (κ3) is 3.94. The molecule has 0 bridgehead atoms. The Bertz CT molecular complexity index is 366. The van der Waals surface area contributed by atoms with E-state index in [1.165, 1.54) is 0 Å². The number of carbonyl (C=O) groups excluding carboxylic acids is 1. The lowest BCUT2D eigenvalue weighted by Crippen LogP contribution is -2.36. The number of carbonyl (C=O) groups is 1. The van der Waals surface area contributed by atoms with Gasteiger partial charge in [-0.15, -0.1) is 0 Å². The van der Waals surface area contributed by atoms with E-state index in [-0.39, 0.29) is 5.91 Å². The summed E-state index contributed by atoms with van der Waals surface area (Å²) in [5.74, 6) is 0.278. The lowest BCUT2D eigenvalue weighted by Gasteiger charge is -2.14. The lowest BCUT2D eigenvalue weighted by atomic mass is 10.0. The van der Waals surface area contributed by atoms with Gasteiger partial charge in [0, 0.05) is 4.47 Å². The lowest BCUT2D eigenvalue weighted by molar-refractivity contribution is -0.117. The van der Waals surface area contributed by atoms with Gasteiger partial charge in [-0.25, -0.2) is 0 Å². The van der Waals surface area contributed by atoms with Crippen LogP contribution in [0.2, 0.25) is 0 Å². The van der Waals surface area contributed by atoms with Gasteiger partial charge in [0.2, 0.25) is 5.91 Å². The number of hydrogen-bond donors (Lipinski definition) is 2. The molecule has 1 rings (SSSR count). The molecule has 0 heterocycles. The monoisotopic (exact) mass is 284 g/mol. The SMILES string of the molecule is CC(C)C[C@@H](N)C(=O)Nc1ccccc1Br. The van der Waals surface area contributed by atoms with Crippen molar-refractivity contribution < 1.29 is 4.79 Å². The summed E-state index contributed by atoms with van der Waals surface area (Å²) < 4.78 is 0.861. The van der Waals surface area contributed by atoms with Gasteiger partial charge in [0.25, 0.3) is 0 Å². The van der Waals surface area contributed by atoms with Crippen LogP contribution in [0.5, 0.6) is 0 Å². The van der Waals surface area contributed by atoms with Crippen molar-refractivity contribution in [2.75, 3.05) is 5.32 Å². The molecular formula is C12H17BrN2O. The zero-order chi connectivity index (χ0) is 12.1. The highest BCUT2D eigenvalue weighted by Crippen LogP contribution is 2.21. The molecular weight excluding hydrogens is 268 g/mol. The van der Waals surface area contributed by atoms with Gasteiger partial charge in [-0.2, -0.15) is 0 Å². The van der Waals surface area contributed by atoms with Gasteiger partial charge in [0.05, 0.1) is 11.7 Å². The Morgan fingerprint density at radius 2 is 2.06 bits per heavy atom. The minimum absolute atomic E-state index is 0.138. The summed E-state index contributed by atoms with van der Waals surface area (Å²) in [5.41, 5.74) is 6.54. The first-order valence-electron chi connectivity index (χ1n) is 5.31. The van der Waals surface area contributed by atoms with E-state index in [2.05, 4.69) is 21.2 Å². The minimum Gasteiger partial charge on any atom is -0.324 e. The van der Waals surface area contributed by atoms with Crippen molar-refractivity contribution in [2.24, 2.45) is 11.7 Å². The number of rotatable bonds is 4. The van der Waals surface area contributed by atoms with Crippen LogP contribution in [0.1, 0.15) is 20.3 Å². The van der Waals surface area contributed by atoms with E-state index in [0.29, 0.717) is 12.3 Å². The van der Waals surface area contributed by atoms with Gasteiger partial charge in [-0.1, -0.05) is 26.0 Å². The van der Waals surface area contributed by atoms with E-state index in [1.807, 2.05) is 38.1 Å². The molecule has 3 N–H and O–H groups in total. The maximum Gasteiger partial charge on any atom is 0.241 e. The number of halogens is 1. The molecule has 16 heavy (non-hydrogen) atoms. The summed E-state index contributed by atoms with van der Waals surface area (Å²) in [7, 11) is 0. The highest BCUT2D eigenvalue weighted by atomic mass is 79.9. The smallest absolute Gasteiger partial charge is 0.241 e. The maximum absolute atomic E-state index is 11.7. The van der Waals surface area contributed by atoms with Crippen molar-refractivity contribution in [3.63, 3.8) is 0 Å². The average molecular weight is 285 g/mol. The molecule has 0 aliphatic heterocycles. The summed E-state index contributed by atoms with van der Waals surface area (Å²) in [4.78, 5) is 11.7. The van der Waals surface area contributed by atoms with Crippen LogP contribution >= 0.6 is 15.9 Å². The summed E-state index contributed by atoms with van der Waals surface area (Å²) in [5, 5.41) is 2.80. The van der Waals surface area contributed by atoms with Crippen LogP contribution in [0, 0.1) is 5.92 Å². The van der Waals surface area contributed by atoms with E-state index in [1.54, 1.807) is 0 Å². The normalized spacial score (nSPS) is 12.6. The Balaban J connectivity index is 2.61. The number of para-hydroxylation sites is 1. The fraction of sp³-hybridized carbons (Fsp3) is 0.417. The third-order valence-electron chi connectivity index (χ3n) is 2.19. The zero-order valence-electron chi connectivity index (χ0n) is 9.53. The van der Waals surface area contributed by atoms with Gasteiger partial charge >= 0.3 is 0 Å². The fourth-order valence-corrected chi connectivity index (χ4v) is 1.79. The average Bonchev–Trinajstić information content (AvgIpc) is 2.20. The summed E-state index contributed by atoms with van der Waals surface area (Å²) >= 11 is 3.37. The molecule has 0 unspecified atom stereocenters. The van der Waals surface area contributed by atoms with Crippen molar-refractivity contribution in [2.45, 2.75) is 26.3 Å².